The highest BCUT2D eigenvalue weighted by molar-refractivity contribution is 7.99. The van der Waals surface area contributed by atoms with Crippen LogP contribution in [0.15, 0.2) is 35.5 Å². The molecule has 0 spiro atoms. The van der Waals surface area contributed by atoms with E-state index in [0.717, 1.165) is 11.4 Å². The maximum absolute atomic E-state index is 12.0. The van der Waals surface area contributed by atoms with E-state index >= 15 is 0 Å². The van der Waals surface area contributed by atoms with E-state index in [9.17, 15) is 9.59 Å². The molecule has 2 aromatic rings. The molecule has 0 unspecified atom stereocenters. The molecule has 0 aliphatic carbocycles. The molecule has 0 radical (unpaired) electrons. The fraction of sp³-hybridized carbons (Fsp3) is 0.412. The molecule has 25 heavy (non-hydrogen) atoms. The van der Waals surface area contributed by atoms with E-state index in [0.29, 0.717) is 18.2 Å². The van der Waals surface area contributed by atoms with Crippen molar-refractivity contribution in [3.8, 4) is 0 Å². The zero-order valence-electron chi connectivity index (χ0n) is 14.7. The first kappa shape index (κ1) is 19.0. The molecule has 0 saturated carbocycles. The lowest BCUT2D eigenvalue weighted by molar-refractivity contribution is -0.127. The molecular formula is C17H23N5O2S. The van der Waals surface area contributed by atoms with Gasteiger partial charge in [-0.2, -0.15) is 0 Å². The van der Waals surface area contributed by atoms with E-state index in [1.165, 1.54) is 11.8 Å². The van der Waals surface area contributed by atoms with Gasteiger partial charge in [-0.25, -0.2) is 0 Å². The zero-order valence-corrected chi connectivity index (χ0v) is 15.5. The number of carbonyl (C=O) groups is 2. The van der Waals surface area contributed by atoms with Gasteiger partial charge < -0.3 is 15.2 Å². The molecule has 1 aromatic carbocycles. The van der Waals surface area contributed by atoms with Crippen molar-refractivity contribution in [3.05, 3.63) is 41.7 Å². The summed E-state index contributed by atoms with van der Waals surface area (Å²) in [5.41, 5.74) is 1.14. The highest BCUT2D eigenvalue weighted by Crippen LogP contribution is 2.18. The summed E-state index contributed by atoms with van der Waals surface area (Å²) in [5.74, 6) is 0.568. The van der Waals surface area contributed by atoms with Crippen LogP contribution in [0.3, 0.4) is 0 Å². The number of carbonyl (C=O) groups excluding carboxylic acids is 2. The number of rotatable bonds is 8. The number of aromatic nitrogens is 3. The Kier molecular flexibility index (Phi) is 7.00. The molecule has 2 rings (SSSR count). The van der Waals surface area contributed by atoms with Gasteiger partial charge >= 0.3 is 0 Å². The Balaban J connectivity index is 1.93. The molecule has 0 aliphatic rings. The van der Waals surface area contributed by atoms with E-state index in [-0.39, 0.29) is 17.6 Å². The lowest BCUT2D eigenvalue weighted by atomic mass is 10.2. The van der Waals surface area contributed by atoms with Crippen molar-refractivity contribution in [3.63, 3.8) is 0 Å². The number of thioether (sulfide) groups is 1. The van der Waals surface area contributed by atoms with E-state index in [4.69, 9.17) is 0 Å². The third-order valence-electron chi connectivity index (χ3n) is 3.54. The highest BCUT2D eigenvalue weighted by Gasteiger charge is 2.16. The Labute approximate surface area is 151 Å². The zero-order chi connectivity index (χ0) is 18.2. The summed E-state index contributed by atoms with van der Waals surface area (Å²) in [5, 5.41) is 14.3. The van der Waals surface area contributed by atoms with Gasteiger partial charge in [-0.15, -0.1) is 10.2 Å². The quantitative estimate of drug-likeness (QED) is 0.693. The lowest BCUT2D eigenvalue weighted by Crippen LogP contribution is -2.45. The van der Waals surface area contributed by atoms with Crippen molar-refractivity contribution in [2.75, 3.05) is 12.3 Å². The number of nitrogens with zero attached hydrogens (tertiary/aromatic N) is 3. The molecule has 2 amide bonds. The predicted molar refractivity (Wildman–Crippen MR) is 97.3 cm³/mol. The van der Waals surface area contributed by atoms with Crippen molar-refractivity contribution >= 4 is 23.6 Å². The minimum Gasteiger partial charge on any atom is -0.355 e. The number of benzene rings is 1. The molecule has 1 heterocycles. The number of nitrogens with one attached hydrogen (secondary N) is 2. The fourth-order valence-electron chi connectivity index (χ4n) is 2.22. The monoisotopic (exact) mass is 361 g/mol. The van der Waals surface area contributed by atoms with Gasteiger partial charge in [0.25, 0.3) is 0 Å². The van der Waals surface area contributed by atoms with Crippen LogP contribution in [0.1, 0.15) is 25.2 Å². The van der Waals surface area contributed by atoms with Crippen molar-refractivity contribution < 1.29 is 9.59 Å². The average molecular weight is 361 g/mol. The molecular weight excluding hydrogens is 338 g/mol. The van der Waals surface area contributed by atoms with Crippen molar-refractivity contribution in [2.24, 2.45) is 0 Å². The third-order valence-corrected chi connectivity index (χ3v) is 4.51. The topological polar surface area (TPSA) is 88.9 Å². The van der Waals surface area contributed by atoms with Crippen LogP contribution in [0.2, 0.25) is 0 Å². The Bertz CT molecular complexity index is 717. The summed E-state index contributed by atoms with van der Waals surface area (Å²) in [6, 6.07) is 9.45. The lowest BCUT2D eigenvalue weighted by Gasteiger charge is -2.13. The highest BCUT2D eigenvalue weighted by atomic mass is 32.2. The smallest absolute Gasteiger partial charge is 0.242 e. The largest absolute Gasteiger partial charge is 0.355 e. The van der Waals surface area contributed by atoms with Crippen LogP contribution in [-0.4, -0.2) is 44.9 Å². The number of aryl methyl sites for hydroxylation is 1. The fourth-order valence-corrected chi connectivity index (χ4v) is 3.02. The number of hydrogen-bond acceptors (Lipinski definition) is 5. The Morgan fingerprint density at radius 3 is 2.64 bits per heavy atom. The van der Waals surface area contributed by atoms with Gasteiger partial charge in [-0.1, -0.05) is 42.1 Å². The summed E-state index contributed by atoms with van der Waals surface area (Å²) in [4.78, 5) is 23.7. The summed E-state index contributed by atoms with van der Waals surface area (Å²) >= 11 is 1.31. The first-order valence-corrected chi connectivity index (χ1v) is 9.13. The second-order valence-electron chi connectivity index (χ2n) is 5.57. The molecule has 0 saturated heterocycles. The maximum atomic E-state index is 12.0. The maximum Gasteiger partial charge on any atom is 0.242 e. The van der Waals surface area contributed by atoms with Crippen LogP contribution in [-0.2, 0) is 16.1 Å². The van der Waals surface area contributed by atoms with Gasteiger partial charge in [-0.3, -0.25) is 9.59 Å². The second-order valence-corrected chi connectivity index (χ2v) is 6.52. The summed E-state index contributed by atoms with van der Waals surface area (Å²) in [6.07, 6.45) is 0. The minimum atomic E-state index is -0.558. The number of likely N-dealkylation sites (N-methyl/N-ethyl adjacent to an activating group) is 1. The standard InChI is InChI=1S/C17H23N5O2S/c1-4-18-16(24)12(2)19-15(23)11-25-17-21-20-13(3)22(17)10-14-8-6-5-7-9-14/h5-9,12H,4,10-11H2,1-3H3,(H,18,24)(H,19,23)/t12-/m1/s1. The van der Waals surface area contributed by atoms with E-state index in [2.05, 4.69) is 20.8 Å². The molecule has 1 atom stereocenters. The molecule has 0 fully saturated rings. The summed E-state index contributed by atoms with van der Waals surface area (Å²) in [7, 11) is 0. The van der Waals surface area contributed by atoms with Crippen LogP contribution in [0.4, 0.5) is 0 Å². The van der Waals surface area contributed by atoms with Crippen molar-refractivity contribution in [1.82, 2.24) is 25.4 Å². The summed E-state index contributed by atoms with van der Waals surface area (Å²) in [6.45, 7) is 6.58. The third kappa shape index (κ3) is 5.60. The van der Waals surface area contributed by atoms with Gasteiger partial charge in [0.2, 0.25) is 11.8 Å². The molecule has 0 bridgehead atoms. The second kappa shape index (κ2) is 9.22. The van der Waals surface area contributed by atoms with Crippen molar-refractivity contribution in [2.45, 2.75) is 38.5 Å². The molecule has 134 valence electrons. The molecule has 8 heteroatoms. The Morgan fingerprint density at radius 1 is 1.24 bits per heavy atom. The van der Waals surface area contributed by atoms with Crippen LogP contribution >= 0.6 is 11.8 Å². The van der Waals surface area contributed by atoms with Gasteiger partial charge in [0.1, 0.15) is 11.9 Å². The molecule has 0 aliphatic heterocycles. The number of hydrogen-bond donors (Lipinski definition) is 2. The summed E-state index contributed by atoms with van der Waals surface area (Å²) < 4.78 is 1.97. The molecule has 1 aromatic heterocycles. The Morgan fingerprint density at radius 2 is 1.96 bits per heavy atom. The Hall–Kier alpha value is -2.35. The van der Waals surface area contributed by atoms with Crippen molar-refractivity contribution in [1.29, 1.82) is 0 Å². The number of amides is 2. The van der Waals surface area contributed by atoms with E-state index < -0.39 is 6.04 Å². The predicted octanol–water partition coefficient (Wildman–Crippen LogP) is 1.37. The van der Waals surface area contributed by atoms with Crippen LogP contribution in [0.5, 0.6) is 0 Å². The van der Waals surface area contributed by atoms with Crippen LogP contribution < -0.4 is 10.6 Å². The first-order chi connectivity index (χ1) is 12.0. The van der Waals surface area contributed by atoms with E-state index in [1.54, 1.807) is 6.92 Å². The van der Waals surface area contributed by atoms with E-state index in [1.807, 2.05) is 48.7 Å². The SMILES string of the molecule is CCNC(=O)[C@@H](C)NC(=O)CSc1nnc(C)n1Cc1ccccc1. The van der Waals surface area contributed by atoms with Crippen LogP contribution in [0.25, 0.3) is 0 Å². The van der Waals surface area contributed by atoms with Gasteiger partial charge in [0.15, 0.2) is 5.16 Å². The van der Waals surface area contributed by atoms with Gasteiger partial charge in [0.05, 0.1) is 12.3 Å². The molecule has 2 N–H and O–H groups in total. The molecule has 7 nitrogen and oxygen atoms in total. The van der Waals surface area contributed by atoms with Gasteiger partial charge in [0, 0.05) is 6.54 Å². The first-order valence-electron chi connectivity index (χ1n) is 8.14. The van der Waals surface area contributed by atoms with Crippen LogP contribution in [0, 0.1) is 6.92 Å². The average Bonchev–Trinajstić information content (AvgIpc) is 2.94. The minimum absolute atomic E-state index is 0.177. The van der Waals surface area contributed by atoms with Gasteiger partial charge in [-0.05, 0) is 26.3 Å². The normalized spacial score (nSPS) is 11.8.